The third-order valence-electron chi connectivity index (χ3n) is 3.17. The van der Waals surface area contributed by atoms with Crippen molar-refractivity contribution in [2.75, 3.05) is 0 Å². The Morgan fingerprint density at radius 2 is 2.32 bits per heavy atom. The first-order valence-corrected chi connectivity index (χ1v) is 6.53. The third-order valence-corrected chi connectivity index (χ3v) is 3.17. The average Bonchev–Trinajstić information content (AvgIpc) is 3.16. The van der Waals surface area contributed by atoms with E-state index in [-0.39, 0.29) is 6.04 Å². The van der Waals surface area contributed by atoms with Crippen LogP contribution in [0.25, 0.3) is 0 Å². The fraction of sp³-hybridized carbons (Fsp3) is 0.429. The Morgan fingerprint density at radius 1 is 1.47 bits per heavy atom. The zero-order valence-corrected chi connectivity index (χ0v) is 10.9. The van der Waals surface area contributed by atoms with Gasteiger partial charge in [-0.05, 0) is 37.5 Å². The fourth-order valence-corrected chi connectivity index (χ4v) is 1.87. The molecule has 1 saturated carbocycles. The summed E-state index contributed by atoms with van der Waals surface area (Å²) in [7, 11) is 0. The third kappa shape index (κ3) is 2.93. The molecule has 100 valence electrons. The van der Waals surface area contributed by atoms with Crippen molar-refractivity contribution in [3.63, 3.8) is 0 Å². The van der Waals surface area contributed by atoms with Crippen molar-refractivity contribution in [1.29, 1.82) is 0 Å². The van der Waals surface area contributed by atoms with E-state index in [1.807, 2.05) is 31.2 Å². The molecule has 0 saturated heterocycles. The molecule has 0 amide bonds. The Bertz CT molecular complexity index is 561. The summed E-state index contributed by atoms with van der Waals surface area (Å²) in [6, 6.07) is 7.73. The average molecular weight is 259 g/mol. The first-order valence-electron chi connectivity index (χ1n) is 6.53. The smallest absolute Gasteiger partial charge is 0.264 e. The normalized spacial score (nSPS) is 16.3. The van der Waals surface area contributed by atoms with Crippen LogP contribution in [0.5, 0.6) is 5.75 Å². The van der Waals surface area contributed by atoms with Crippen molar-refractivity contribution in [2.45, 2.75) is 38.3 Å². The van der Waals surface area contributed by atoms with E-state index in [0.717, 1.165) is 30.0 Å². The highest BCUT2D eigenvalue weighted by molar-refractivity contribution is 5.30. The lowest BCUT2D eigenvalue weighted by molar-refractivity contribution is 0.242. The lowest BCUT2D eigenvalue weighted by atomic mass is 10.1. The maximum atomic E-state index is 5.84. The van der Waals surface area contributed by atoms with E-state index in [9.17, 15) is 0 Å². The quantitative estimate of drug-likeness (QED) is 0.893. The van der Waals surface area contributed by atoms with Gasteiger partial charge in [0.05, 0.1) is 0 Å². The summed E-state index contributed by atoms with van der Waals surface area (Å²) in [5.41, 5.74) is 6.88. The predicted molar refractivity (Wildman–Crippen MR) is 69.6 cm³/mol. The van der Waals surface area contributed by atoms with E-state index in [4.69, 9.17) is 15.0 Å². The number of ether oxygens (including phenoxy) is 1. The molecule has 1 atom stereocenters. The molecule has 5 nitrogen and oxygen atoms in total. The summed E-state index contributed by atoms with van der Waals surface area (Å²) in [5.74, 6) is 2.59. The molecular formula is C14H17N3O2. The van der Waals surface area contributed by atoms with E-state index in [1.54, 1.807) is 0 Å². The molecule has 0 radical (unpaired) electrons. The van der Waals surface area contributed by atoms with Gasteiger partial charge in [-0.2, -0.15) is 4.98 Å². The SMILES string of the molecule is C[C@@H](N)c1cccc(OCc2nc(C3CC3)no2)c1. The minimum absolute atomic E-state index is 0.00609. The van der Waals surface area contributed by atoms with Gasteiger partial charge in [0.2, 0.25) is 0 Å². The van der Waals surface area contributed by atoms with Gasteiger partial charge in [-0.15, -0.1) is 0 Å². The van der Waals surface area contributed by atoms with Crippen LogP contribution >= 0.6 is 0 Å². The van der Waals surface area contributed by atoms with Crippen LogP contribution < -0.4 is 10.5 Å². The number of nitrogens with two attached hydrogens (primary N) is 1. The first kappa shape index (κ1) is 12.2. The van der Waals surface area contributed by atoms with E-state index in [2.05, 4.69) is 10.1 Å². The molecule has 2 aromatic rings. The summed E-state index contributed by atoms with van der Waals surface area (Å²) in [5, 5.41) is 3.95. The van der Waals surface area contributed by atoms with Crippen LogP contribution in [0, 0.1) is 0 Å². The highest BCUT2D eigenvalue weighted by atomic mass is 16.5. The van der Waals surface area contributed by atoms with Crippen LogP contribution in [0.4, 0.5) is 0 Å². The number of aromatic nitrogens is 2. The molecule has 0 bridgehead atoms. The Kier molecular flexibility index (Phi) is 3.21. The minimum Gasteiger partial charge on any atom is -0.484 e. The molecule has 3 rings (SSSR count). The van der Waals surface area contributed by atoms with Gasteiger partial charge in [-0.3, -0.25) is 0 Å². The Labute approximate surface area is 111 Å². The van der Waals surface area contributed by atoms with Gasteiger partial charge in [0, 0.05) is 12.0 Å². The zero-order valence-electron chi connectivity index (χ0n) is 10.9. The van der Waals surface area contributed by atoms with Crippen LogP contribution in [0.3, 0.4) is 0 Å². The van der Waals surface area contributed by atoms with E-state index >= 15 is 0 Å². The van der Waals surface area contributed by atoms with E-state index in [1.165, 1.54) is 0 Å². The molecule has 1 aliphatic carbocycles. The minimum atomic E-state index is -0.00609. The summed E-state index contributed by atoms with van der Waals surface area (Å²) in [6.07, 6.45) is 2.33. The summed E-state index contributed by atoms with van der Waals surface area (Å²) >= 11 is 0. The highest BCUT2D eigenvalue weighted by Gasteiger charge is 2.28. The number of nitrogens with zero attached hydrogens (tertiary/aromatic N) is 2. The van der Waals surface area contributed by atoms with Gasteiger partial charge in [0.15, 0.2) is 12.4 Å². The first-order chi connectivity index (χ1) is 9.22. The second-order valence-corrected chi connectivity index (χ2v) is 4.97. The number of hydrogen-bond acceptors (Lipinski definition) is 5. The molecule has 1 aromatic carbocycles. The molecule has 0 aliphatic heterocycles. The van der Waals surface area contributed by atoms with Gasteiger partial charge < -0.3 is 15.0 Å². The molecule has 5 heteroatoms. The van der Waals surface area contributed by atoms with Crippen molar-refractivity contribution >= 4 is 0 Å². The van der Waals surface area contributed by atoms with Crippen molar-refractivity contribution in [2.24, 2.45) is 5.73 Å². The molecular weight excluding hydrogens is 242 g/mol. The lowest BCUT2D eigenvalue weighted by Gasteiger charge is -2.08. The van der Waals surface area contributed by atoms with Gasteiger partial charge in [0.1, 0.15) is 5.75 Å². The van der Waals surface area contributed by atoms with Crippen LogP contribution in [-0.2, 0) is 6.61 Å². The molecule has 19 heavy (non-hydrogen) atoms. The van der Waals surface area contributed by atoms with Crippen molar-refractivity contribution in [3.05, 3.63) is 41.5 Å². The summed E-state index contributed by atoms with van der Waals surface area (Å²) in [6.45, 7) is 2.24. The Balaban J connectivity index is 1.62. The standard InChI is InChI=1S/C14H17N3O2/c1-9(15)11-3-2-4-12(7-11)18-8-13-16-14(17-19-13)10-5-6-10/h2-4,7,9-10H,5-6,8,15H2,1H3/t9-/m1/s1. The number of hydrogen-bond donors (Lipinski definition) is 1. The van der Waals surface area contributed by atoms with Gasteiger partial charge in [-0.1, -0.05) is 17.3 Å². The molecule has 1 fully saturated rings. The highest BCUT2D eigenvalue weighted by Crippen LogP contribution is 2.38. The Morgan fingerprint density at radius 3 is 3.05 bits per heavy atom. The largest absolute Gasteiger partial charge is 0.484 e. The van der Waals surface area contributed by atoms with Crippen LogP contribution in [-0.4, -0.2) is 10.1 Å². The predicted octanol–water partition coefficient (Wildman–Crippen LogP) is 2.55. The molecule has 1 aromatic heterocycles. The zero-order chi connectivity index (χ0) is 13.2. The topological polar surface area (TPSA) is 74.2 Å². The van der Waals surface area contributed by atoms with E-state index < -0.39 is 0 Å². The van der Waals surface area contributed by atoms with Gasteiger partial charge in [-0.25, -0.2) is 0 Å². The van der Waals surface area contributed by atoms with Crippen LogP contribution in [0.1, 0.15) is 49.0 Å². The van der Waals surface area contributed by atoms with Gasteiger partial charge >= 0.3 is 0 Å². The van der Waals surface area contributed by atoms with E-state index in [0.29, 0.717) is 18.4 Å². The number of benzene rings is 1. The van der Waals surface area contributed by atoms with Crippen LogP contribution in [0.2, 0.25) is 0 Å². The fourth-order valence-electron chi connectivity index (χ4n) is 1.87. The molecule has 1 aliphatic rings. The lowest BCUT2D eigenvalue weighted by Crippen LogP contribution is -2.05. The number of rotatable bonds is 5. The van der Waals surface area contributed by atoms with Crippen LogP contribution in [0.15, 0.2) is 28.8 Å². The monoisotopic (exact) mass is 259 g/mol. The summed E-state index contributed by atoms with van der Waals surface area (Å²) < 4.78 is 10.8. The molecule has 0 spiro atoms. The molecule has 2 N–H and O–H groups in total. The Hall–Kier alpha value is -1.88. The second kappa shape index (κ2) is 5.01. The summed E-state index contributed by atoms with van der Waals surface area (Å²) in [4.78, 5) is 4.32. The van der Waals surface area contributed by atoms with Gasteiger partial charge in [0.25, 0.3) is 5.89 Å². The maximum Gasteiger partial charge on any atom is 0.264 e. The van der Waals surface area contributed by atoms with Crippen molar-refractivity contribution < 1.29 is 9.26 Å². The maximum absolute atomic E-state index is 5.84. The molecule has 0 unspecified atom stereocenters. The second-order valence-electron chi connectivity index (χ2n) is 4.97. The van der Waals surface area contributed by atoms with Crippen molar-refractivity contribution in [3.8, 4) is 5.75 Å². The van der Waals surface area contributed by atoms with Crippen molar-refractivity contribution in [1.82, 2.24) is 10.1 Å². The molecule has 1 heterocycles.